The molecule has 0 bridgehead atoms. The van der Waals surface area contributed by atoms with E-state index < -0.39 is 0 Å². The Morgan fingerprint density at radius 2 is 2.25 bits per heavy atom. The van der Waals surface area contributed by atoms with Crippen LogP contribution in [0, 0.1) is 5.92 Å². The fourth-order valence-corrected chi connectivity index (χ4v) is 5.22. The number of hydrogen-bond acceptors (Lipinski definition) is 5. The molecule has 0 saturated carbocycles. The molecular formula is C17H19N5OS. The lowest BCUT2D eigenvalue weighted by Gasteiger charge is -2.29. The zero-order valence-corrected chi connectivity index (χ0v) is 14.5. The zero-order chi connectivity index (χ0) is 16.3. The molecule has 0 N–H and O–H groups in total. The van der Waals surface area contributed by atoms with E-state index in [9.17, 15) is 4.79 Å². The van der Waals surface area contributed by atoms with Crippen LogP contribution in [0.2, 0.25) is 0 Å². The van der Waals surface area contributed by atoms with Gasteiger partial charge in [-0.15, -0.1) is 16.4 Å². The van der Waals surface area contributed by atoms with E-state index in [0.29, 0.717) is 11.7 Å². The van der Waals surface area contributed by atoms with E-state index in [-0.39, 0.29) is 5.91 Å². The van der Waals surface area contributed by atoms with Crippen molar-refractivity contribution in [2.45, 2.75) is 39.0 Å². The number of carbonyl (C=O) groups excluding carboxylic acids is 1. The van der Waals surface area contributed by atoms with Crippen molar-refractivity contribution in [1.29, 1.82) is 0 Å². The zero-order valence-electron chi connectivity index (χ0n) is 13.7. The summed E-state index contributed by atoms with van der Waals surface area (Å²) in [5, 5.41) is 5.53. The van der Waals surface area contributed by atoms with Crippen molar-refractivity contribution in [3.63, 3.8) is 0 Å². The van der Waals surface area contributed by atoms with Gasteiger partial charge in [0.2, 0.25) is 5.82 Å². The number of nitrogens with zero attached hydrogens (tertiary/aromatic N) is 5. The molecule has 24 heavy (non-hydrogen) atoms. The Hall–Kier alpha value is -2.02. The number of hydrogen-bond donors (Lipinski definition) is 0. The largest absolute Gasteiger partial charge is 0.336 e. The number of rotatable bonds is 1. The Morgan fingerprint density at radius 1 is 1.33 bits per heavy atom. The van der Waals surface area contributed by atoms with Gasteiger partial charge in [0.15, 0.2) is 5.65 Å². The van der Waals surface area contributed by atoms with Crippen molar-refractivity contribution in [3.05, 3.63) is 22.6 Å². The number of carbonyl (C=O) groups is 1. The normalized spacial score (nSPS) is 20.9. The van der Waals surface area contributed by atoms with E-state index in [1.54, 1.807) is 22.2 Å². The second kappa shape index (κ2) is 5.24. The number of aryl methyl sites for hydroxylation is 2. The van der Waals surface area contributed by atoms with Crippen molar-refractivity contribution >= 4 is 33.1 Å². The summed E-state index contributed by atoms with van der Waals surface area (Å²) in [5.74, 6) is 0.801. The topological polar surface area (TPSA) is 63.4 Å². The van der Waals surface area contributed by atoms with Gasteiger partial charge in [0.05, 0.1) is 5.39 Å². The van der Waals surface area contributed by atoms with Gasteiger partial charge in [-0.3, -0.25) is 4.79 Å². The molecule has 4 heterocycles. The van der Waals surface area contributed by atoms with E-state index >= 15 is 0 Å². The lowest BCUT2D eigenvalue weighted by molar-refractivity contribution is 0.0671. The van der Waals surface area contributed by atoms with Crippen LogP contribution in [0.25, 0.3) is 15.9 Å². The SMILES string of the molecule is C[C@H]1CCCN(C(=O)c2nc3c4c5c(sc4ncn3n2)CCC5)C1. The average molecular weight is 341 g/mol. The molecule has 0 spiro atoms. The van der Waals surface area contributed by atoms with E-state index in [4.69, 9.17) is 0 Å². The van der Waals surface area contributed by atoms with Crippen LogP contribution < -0.4 is 0 Å². The minimum absolute atomic E-state index is 0.0507. The van der Waals surface area contributed by atoms with Crippen molar-refractivity contribution in [1.82, 2.24) is 24.5 Å². The highest BCUT2D eigenvalue weighted by atomic mass is 32.1. The lowest BCUT2D eigenvalue weighted by Crippen LogP contribution is -2.39. The summed E-state index contributed by atoms with van der Waals surface area (Å²) in [6.45, 7) is 3.80. The Balaban J connectivity index is 1.60. The summed E-state index contributed by atoms with van der Waals surface area (Å²) in [4.78, 5) is 26.3. The highest BCUT2D eigenvalue weighted by Gasteiger charge is 2.27. The molecule has 1 saturated heterocycles. The molecule has 0 aromatic carbocycles. The lowest BCUT2D eigenvalue weighted by atomic mass is 10.0. The van der Waals surface area contributed by atoms with Crippen LogP contribution in [0.5, 0.6) is 0 Å². The first-order valence-electron chi connectivity index (χ1n) is 8.65. The van der Waals surface area contributed by atoms with E-state index in [1.807, 2.05) is 4.90 Å². The second-order valence-corrected chi connectivity index (χ2v) is 8.07. The first kappa shape index (κ1) is 14.3. The average Bonchev–Trinajstić information content (AvgIpc) is 3.26. The number of piperidine rings is 1. The highest BCUT2D eigenvalue weighted by molar-refractivity contribution is 7.19. The molecule has 0 radical (unpaired) electrons. The van der Waals surface area contributed by atoms with Gasteiger partial charge in [0.1, 0.15) is 11.2 Å². The summed E-state index contributed by atoms with van der Waals surface area (Å²) in [5.41, 5.74) is 2.15. The van der Waals surface area contributed by atoms with Crippen LogP contribution in [0.3, 0.4) is 0 Å². The van der Waals surface area contributed by atoms with Gasteiger partial charge in [0, 0.05) is 18.0 Å². The molecule has 5 rings (SSSR count). The standard InChI is InChI=1S/C17H19N5OS/c1-10-4-3-7-21(8-10)17(23)14-19-15-13-11-5-2-6-12(11)24-16(13)18-9-22(15)20-14/h9-10H,2-8H2,1H3/t10-/m0/s1. The number of amides is 1. The van der Waals surface area contributed by atoms with Crippen LogP contribution in [-0.4, -0.2) is 43.5 Å². The minimum Gasteiger partial charge on any atom is -0.336 e. The van der Waals surface area contributed by atoms with Gasteiger partial charge in [-0.25, -0.2) is 14.5 Å². The summed E-state index contributed by atoms with van der Waals surface area (Å²) < 4.78 is 1.67. The molecule has 1 atom stereocenters. The van der Waals surface area contributed by atoms with E-state index in [2.05, 4.69) is 22.0 Å². The predicted molar refractivity (Wildman–Crippen MR) is 92.5 cm³/mol. The third kappa shape index (κ3) is 2.07. The number of fused-ring (bicyclic) bond motifs is 5. The van der Waals surface area contributed by atoms with Crippen molar-refractivity contribution < 1.29 is 4.79 Å². The maximum atomic E-state index is 12.8. The highest BCUT2D eigenvalue weighted by Crippen LogP contribution is 2.37. The van der Waals surface area contributed by atoms with Crippen LogP contribution in [0.15, 0.2) is 6.33 Å². The fourth-order valence-electron chi connectivity index (χ4n) is 4.00. The van der Waals surface area contributed by atoms with Gasteiger partial charge in [-0.1, -0.05) is 6.92 Å². The minimum atomic E-state index is -0.0507. The molecule has 1 amide bonds. The third-order valence-corrected chi connectivity index (χ3v) is 6.38. The van der Waals surface area contributed by atoms with Crippen molar-refractivity contribution in [3.8, 4) is 0 Å². The monoisotopic (exact) mass is 341 g/mol. The molecule has 1 aliphatic heterocycles. The van der Waals surface area contributed by atoms with Gasteiger partial charge < -0.3 is 4.90 Å². The summed E-state index contributed by atoms with van der Waals surface area (Å²) in [6, 6.07) is 0. The molecule has 124 valence electrons. The quantitative estimate of drug-likeness (QED) is 0.683. The molecule has 6 nitrogen and oxygen atoms in total. The van der Waals surface area contributed by atoms with Gasteiger partial charge in [-0.2, -0.15) is 0 Å². The maximum Gasteiger partial charge on any atom is 0.293 e. The number of aromatic nitrogens is 4. The fraction of sp³-hybridized carbons (Fsp3) is 0.529. The summed E-state index contributed by atoms with van der Waals surface area (Å²) in [6.07, 6.45) is 7.35. The molecule has 1 fully saturated rings. The van der Waals surface area contributed by atoms with Gasteiger partial charge in [0.25, 0.3) is 5.91 Å². The third-order valence-electron chi connectivity index (χ3n) is 5.18. The van der Waals surface area contributed by atoms with Crippen molar-refractivity contribution in [2.24, 2.45) is 5.92 Å². The molecule has 0 unspecified atom stereocenters. The van der Waals surface area contributed by atoms with Crippen molar-refractivity contribution in [2.75, 3.05) is 13.1 Å². The molecule has 3 aromatic heterocycles. The molecule has 1 aliphatic carbocycles. The summed E-state index contributed by atoms with van der Waals surface area (Å²) in [7, 11) is 0. The smallest absolute Gasteiger partial charge is 0.293 e. The van der Waals surface area contributed by atoms with Gasteiger partial charge in [-0.05, 0) is 43.6 Å². The maximum absolute atomic E-state index is 12.8. The van der Waals surface area contributed by atoms with Gasteiger partial charge >= 0.3 is 0 Å². The predicted octanol–water partition coefficient (Wildman–Crippen LogP) is 2.70. The number of likely N-dealkylation sites (tertiary alicyclic amines) is 1. The summed E-state index contributed by atoms with van der Waals surface area (Å²) >= 11 is 1.76. The van der Waals surface area contributed by atoms with E-state index in [0.717, 1.165) is 48.2 Å². The Kier molecular flexibility index (Phi) is 3.13. The second-order valence-electron chi connectivity index (χ2n) is 6.98. The number of thiophene rings is 1. The molecular weight excluding hydrogens is 322 g/mol. The Labute approximate surface area is 143 Å². The Bertz CT molecular complexity index is 959. The van der Waals surface area contributed by atoms with E-state index in [1.165, 1.54) is 23.3 Å². The molecule has 7 heteroatoms. The first-order valence-corrected chi connectivity index (χ1v) is 9.47. The van der Waals surface area contributed by atoms with Crippen LogP contribution >= 0.6 is 11.3 Å². The van der Waals surface area contributed by atoms with Crippen LogP contribution in [0.1, 0.15) is 47.2 Å². The Morgan fingerprint density at radius 3 is 3.12 bits per heavy atom. The molecule has 2 aliphatic rings. The van der Waals surface area contributed by atoms with Crippen LogP contribution in [0.4, 0.5) is 0 Å². The first-order chi connectivity index (χ1) is 11.7. The van der Waals surface area contributed by atoms with Crippen LogP contribution in [-0.2, 0) is 12.8 Å². The molecule has 3 aromatic rings.